The lowest BCUT2D eigenvalue weighted by Crippen LogP contribution is -1.96. The summed E-state index contributed by atoms with van der Waals surface area (Å²) < 4.78 is 7.29. The van der Waals surface area contributed by atoms with Gasteiger partial charge in [0.15, 0.2) is 6.29 Å². The molecule has 0 amide bonds. The van der Waals surface area contributed by atoms with Crippen molar-refractivity contribution in [3.8, 4) is 5.75 Å². The Bertz CT molecular complexity index is 548. The molecule has 0 spiro atoms. The number of fused-ring (bicyclic) bond motifs is 1. The van der Waals surface area contributed by atoms with E-state index in [4.69, 9.17) is 16.3 Å². The van der Waals surface area contributed by atoms with Crippen LogP contribution in [-0.2, 0) is 6.54 Å². The summed E-state index contributed by atoms with van der Waals surface area (Å²) in [5.74, 6) is 1.44. The van der Waals surface area contributed by atoms with Crippen molar-refractivity contribution in [2.24, 2.45) is 0 Å². The Balaban J connectivity index is 2.39. The lowest BCUT2D eigenvalue weighted by atomic mass is 10.2. The maximum absolute atomic E-state index is 11.1. The van der Waals surface area contributed by atoms with Crippen LogP contribution in [0.15, 0.2) is 24.4 Å². The minimum atomic E-state index is 0.674. The summed E-state index contributed by atoms with van der Waals surface area (Å²) in [4.78, 5) is 11.1. The Morgan fingerprint density at radius 3 is 2.89 bits per heavy atom. The van der Waals surface area contributed by atoms with E-state index in [2.05, 4.69) is 4.57 Å². The molecular formula is C14H16ClNO2. The van der Waals surface area contributed by atoms with Crippen molar-refractivity contribution in [3.05, 3.63) is 30.0 Å². The molecule has 4 heteroatoms. The van der Waals surface area contributed by atoms with Crippen molar-refractivity contribution in [1.82, 2.24) is 4.57 Å². The van der Waals surface area contributed by atoms with Crippen LogP contribution in [0.4, 0.5) is 0 Å². The van der Waals surface area contributed by atoms with Gasteiger partial charge in [-0.1, -0.05) is 0 Å². The summed E-state index contributed by atoms with van der Waals surface area (Å²) in [7, 11) is 1.62. The van der Waals surface area contributed by atoms with Crippen LogP contribution in [-0.4, -0.2) is 23.8 Å². The van der Waals surface area contributed by atoms with Crippen LogP contribution in [0, 0.1) is 0 Å². The fraction of sp³-hybridized carbons (Fsp3) is 0.357. The second-order valence-electron chi connectivity index (χ2n) is 4.17. The number of halogens is 1. The van der Waals surface area contributed by atoms with Crippen LogP contribution in [0.1, 0.15) is 23.2 Å². The quantitative estimate of drug-likeness (QED) is 0.455. The number of methoxy groups -OCH3 is 1. The van der Waals surface area contributed by atoms with Gasteiger partial charge >= 0.3 is 0 Å². The van der Waals surface area contributed by atoms with Crippen molar-refractivity contribution < 1.29 is 9.53 Å². The van der Waals surface area contributed by atoms with Crippen LogP contribution in [0.2, 0.25) is 0 Å². The highest BCUT2D eigenvalue weighted by Gasteiger charge is 2.08. The number of alkyl halides is 1. The Hall–Kier alpha value is -1.48. The second kappa shape index (κ2) is 5.91. The zero-order valence-electron chi connectivity index (χ0n) is 10.4. The van der Waals surface area contributed by atoms with Gasteiger partial charge in [0.2, 0.25) is 0 Å². The predicted octanol–water partition coefficient (Wildman–Crippen LogP) is 3.48. The summed E-state index contributed by atoms with van der Waals surface area (Å²) in [5, 5.41) is 0.940. The van der Waals surface area contributed by atoms with Crippen molar-refractivity contribution in [3.63, 3.8) is 0 Å². The number of hydrogen-bond acceptors (Lipinski definition) is 2. The third kappa shape index (κ3) is 2.51. The highest BCUT2D eigenvalue weighted by molar-refractivity contribution is 6.17. The Labute approximate surface area is 111 Å². The van der Waals surface area contributed by atoms with E-state index in [1.807, 2.05) is 24.4 Å². The minimum absolute atomic E-state index is 0.674. The second-order valence-corrected chi connectivity index (χ2v) is 4.55. The molecule has 18 heavy (non-hydrogen) atoms. The normalized spacial score (nSPS) is 10.8. The molecule has 0 aliphatic rings. The first-order chi connectivity index (χ1) is 8.80. The zero-order valence-corrected chi connectivity index (χ0v) is 11.1. The molecule has 0 N–H and O–H groups in total. The van der Waals surface area contributed by atoms with Gasteiger partial charge in [0.1, 0.15) is 5.75 Å². The molecule has 0 saturated heterocycles. The Kier molecular flexibility index (Phi) is 4.26. The van der Waals surface area contributed by atoms with Crippen LogP contribution in [0.5, 0.6) is 5.75 Å². The maximum Gasteiger partial charge on any atom is 0.152 e. The van der Waals surface area contributed by atoms with Crippen molar-refractivity contribution in [2.45, 2.75) is 19.4 Å². The molecule has 96 valence electrons. The number of unbranched alkanes of at least 4 members (excludes halogenated alkanes) is 1. The molecule has 0 atom stereocenters. The molecule has 0 radical (unpaired) electrons. The average molecular weight is 266 g/mol. The first-order valence-electron chi connectivity index (χ1n) is 5.98. The molecule has 1 heterocycles. The predicted molar refractivity (Wildman–Crippen MR) is 73.8 cm³/mol. The number of ether oxygens (including phenoxy) is 1. The molecule has 0 saturated carbocycles. The lowest BCUT2D eigenvalue weighted by Gasteiger charge is -2.05. The van der Waals surface area contributed by atoms with Gasteiger partial charge in [-0.2, -0.15) is 0 Å². The molecule has 0 fully saturated rings. The fourth-order valence-electron chi connectivity index (χ4n) is 2.09. The van der Waals surface area contributed by atoms with Crippen molar-refractivity contribution in [2.75, 3.05) is 13.0 Å². The number of carbonyl (C=O) groups excluding carboxylic acids is 1. The lowest BCUT2D eigenvalue weighted by molar-refractivity contribution is 0.112. The zero-order chi connectivity index (χ0) is 13.0. The summed E-state index contributed by atoms with van der Waals surface area (Å²) in [6, 6.07) is 5.80. The van der Waals surface area contributed by atoms with Gasteiger partial charge in [0.25, 0.3) is 0 Å². The molecule has 3 nitrogen and oxygen atoms in total. The summed E-state index contributed by atoms with van der Waals surface area (Å²) in [6.45, 7) is 0.878. The molecular weight excluding hydrogens is 250 g/mol. The van der Waals surface area contributed by atoms with E-state index in [-0.39, 0.29) is 0 Å². The molecule has 0 aliphatic carbocycles. The fourth-order valence-corrected chi connectivity index (χ4v) is 2.28. The van der Waals surface area contributed by atoms with E-state index in [1.165, 1.54) is 0 Å². The van der Waals surface area contributed by atoms with E-state index in [0.717, 1.165) is 42.3 Å². The van der Waals surface area contributed by atoms with Gasteiger partial charge in [-0.05, 0) is 31.0 Å². The standard InChI is InChI=1S/C14H16ClNO2/c1-18-12-4-5-14-13(8-12)11(10-17)9-16(14)7-3-2-6-15/h4-5,8-10H,2-3,6-7H2,1H3. The van der Waals surface area contributed by atoms with Crippen LogP contribution < -0.4 is 4.74 Å². The highest BCUT2D eigenvalue weighted by atomic mass is 35.5. The van der Waals surface area contributed by atoms with Crippen LogP contribution in [0.3, 0.4) is 0 Å². The number of aldehydes is 1. The number of nitrogens with zero attached hydrogens (tertiary/aromatic N) is 1. The van der Waals surface area contributed by atoms with Gasteiger partial charge in [0, 0.05) is 35.1 Å². The number of aromatic nitrogens is 1. The molecule has 0 aliphatic heterocycles. The third-order valence-corrected chi connectivity index (χ3v) is 3.30. The van der Waals surface area contributed by atoms with E-state index in [9.17, 15) is 4.79 Å². The van der Waals surface area contributed by atoms with E-state index in [0.29, 0.717) is 11.4 Å². The number of carbonyl (C=O) groups is 1. The number of hydrogen-bond donors (Lipinski definition) is 0. The topological polar surface area (TPSA) is 31.2 Å². The number of benzene rings is 1. The first-order valence-corrected chi connectivity index (χ1v) is 6.51. The largest absolute Gasteiger partial charge is 0.497 e. The minimum Gasteiger partial charge on any atom is -0.497 e. The number of aryl methyl sites for hydroxylation is 1. The summed E-state index contributed by atoms with van der Waals surface area (Å²) >= 11 is 5.68. The molecule has 1 aromatic heterocycles. The van der Waals surface area contributed by atoms with Gasteiger partial charge in [-0.3, -0.25) is 4.79 Å². The van der Waals surface area contributed by atoms with Crippen molar-refractivity contribution >= 4 is 28.8 Å². The molecule has 0 bridgehead atoms. The van der Waals surface area contributed by atoms with Crippen LogP contribution in [0.25, 0.3) is 10.9 Å². The molecule has 2 rings (SSSR count). The monoisotopic (exact) mass is 265 g/mol. The van der Waals surface area contributed by atoms with Gasteiger partial charge in [-0.25, -0.2) is 0 Å². The highest BCUT2D eigenvalue weighted by Crippen LogP contribution is 2.25. The molecule has 1 aromatic carbocycles. The third-order valence-electron chi connectivity index (χ3n) is 3.03. The first kappa shape index (κ1) is 13.0. The molecule has 0 unspecified atom stereocenters. The molecule has 2 aromatic rings. The van der Waals surface area contributed by atoms with Gasteiger partial charge in [0.05, 0.1) is 7.11 Å². The summed E-state index contributed by atoms with van der Waals surface area (Å²) in [6.07, 6.45) is 4.77. The SMILES string of the molecule is COc1ccc2c(c1)c(C=O)cn2CCCCCl. The summed E-state index contributed by atoms with van der Waals surface area (Å²) in [5.41, 5.74) is 1.77. The van der Waals surface area contributed by atoms with Gasteiger partial charge in [-0.15, -0.1) is 11.6 Å². The van der Waals surface area contributed by atoms with E-state index >= 15 is 0 Å². The van der Waals surface area contributed by atoms with Crippen molar-refractivity contribution in [1.29, 1.82) is 0 Å². The van der Waals surface area contributed by atoms with Crippen LogP contribution >= 0.6 is 11.6 Å². The van der Waals surface area contributed by atoms with E-state index < -0.39 is 0 Å². The average Bonchev–Trinajstić information content (AvgIpc) is 2.76. The Morgan fingerprint density at radius 2 is 2.22 bits per heavy atom. The van der Waals surface area contributed by atoms with E-state index in [1.54, 1.807) is 7.11 Å². The maximum atomic E-state index is 11.1. The Morgan fingerprint density at radius 1 is 1.39 bits per heavy atom. The number of rotatable bonds is 6. The van der Waals surface area contributed by atoms with Gasteiger partial charge < -0.3 is 9.30 Å². The smallest absolute Gasteiger partial charge is 0.152 e.